The summed E-state index contributed by atoms with van der Waals surface area (Å²) < 4.78 is 16.4. The fraction of sp³-hybridized carbons (Fsp3) is 0.667. The van der Waals surface area contributed by atoms with Crippen molar-refractivity contribution in [2.45, 2.75) is 33.2 Å². The third-order valence-electron chi connectivity index (χ3n) is 4.53. The Morgan fingerprint density at radius 3 is 2.48 bits per heavy atom. The molecule has 0 saturated carbocycles. The number of methoxy groups -OCH3 is 2. The molecule has 1 fully saturated rings. The van der Waals surface area contributed by atoms with Crippen LogP contribution in [0.25, 0.3) is 0 Å². The van der Waals surface area contributed by atoms with Crippen molar-refractivity contribution in [3.05, 3.63) is 18.2 Å². The smallest absolute Gasteiger partial charge is 0.191 e. The molecule has 1 atom stereocenters. The van der Waals surface area contributed by atoms with E-state index in [1.807, 2.05) is 6.07 Å². The summed E-state index contributed by atoms with van der Waals surface area (Å²) in [5.74, 6) is 3.02. The lowest BCUT2D eigenvalue weighted by Crippen LogP contribution is -2.44. The fourth-order valence-electron chi connectivity index (χ4n) is 3.14. The van der Waals surface area contributed by atoms with E-state index >= 15 is 0 Å². The van der Waals surface area contributed by atoms with Crippen molar-refractivity contribution < 1.29 is 14.2 Å². The van der Waals surface area contributed by atoms with Gasteiger partial charge in [-0.05, 0) is 19.3 Å². The quantitative estimate of drug-likeness (QED) is 0.214. The lowest BCUT2D eigenvalue weighted by Gasteiger charge is -2.21. The van der Waals surface area contributed by atoms with Crippen LogP contribution in [-0.4, -0.2) is 65.6 Å². The van der Waals surface area contributed by atoms with Crippen molar-refractivity contribution in [3.63, 3.8) is 0 Å². The van der Waals surface area contributed by atoms with E-state index in [9.17, 15) is 0 Å². The Morgan fingerprint density at radius 2 is 1.90 bits per heavy atom. The van der Waals surface area contributed by atoms with E-state index in [0.717, 1.165) is 55.8 Å². The molecule has 29 heavy (non-hydrogen) atoms. The number of ether oxygens (including phenoxy) is 3. The second-order valence-electron chi connectivity index (χ2n) is 7.38. The summed E-state index contributed by atoms with van der Waals surface area (Å²) in [5, 5.41) is 6.88. The zero-order chi connectivity index (χ0) is 20.4. The zero-order valence-corrected chi connectivity index (χ0v) is 20.7. The molecule has 1 aliphatic heterocycles. The van der Waals surface area contributed by atoms with E-state index in [1.165, 1.54) is 0 Å². The molecule has 7 nitrogen and oxygen atoms in total. The molecule has 0 aromatic heterocycles. The van der Waals surface area contributed by atoms with Gasteiger partial charge in [0.2, 0.25) is 0 Å². The molecule has 1 heterocycles. The molecule has 1 unspecified atom stereocenters. The first-order chi connectivity index (χ1) is 13.5. The van der Waals surface area contributed by atoms with Crippen LogP contribution in [0.15, 0.2) is 23.2 Å². The van der Waals surface area contributed by atoms with Crippen LogP contribution in [0.1, 0.15) is 27.2 Å². The molecular weight excluding hydrogens is 483 g/mol. The van der Waals surface area contributed by atoms with E-state index in [0.29, 0.717) is 25.1 Å². The number of nitrogens with one attached hydrogen (secondary N) is 2. The number of hydrogen-bond donors (Lipinski definition) is 2. The van der Waals surface area contributed by atoms with Crippen LogP contribution in [-0.2, 0) is 4.74 Å². The van der Waals surface area contributed by atoms with Gasteiger partial charge in [-0.1, -0.05) is 13.8 Å². The Morgan fingerprint density at radius 1 is 1.21 bits per heavy atom. The second-order valence-corrected chi connectivity index (χ2v) is 7.38. The summed E-state index contributed by atoms with van der Waals surface area (Å²) in [6.45, 7) is 11.2. The van der Waals surface area contributed by atoms with Gasteiger partial charge in [0.15, 0.2) is 5.96 Å². The third kappa shape index (κ3) is 8.86. The Balaban J connectivity index is 0.00000420. The van der Waals surface area contributed by atoms with Gasteiger partial charge in [-0.3, -0.25) is 4.99 Å². The molecule has 1 aliphatic rings. The van der Waals surface area contributed by atoms with Gasteiger partial charge >= 0.3 is 0 Å². The van der Waals surface area contributed by atoms with E-state index < -0.39 is 0 Å². The molecule has 1 aromatic carbocycles. The van der Waals surface area contributed by atoms with Gasteiger partial charge in [0.05, 0.1) is 27.4 Å². The van der Waals surface area contributed by atoms with Crippen molar-refractivity contribution in [3.8, 4) is 11.5 Å². The standard InChI is InChI=1S/C21H36N4O3.HI/c1-6-22-21(23-8-10-28-15-16(2)3)24-17-7-9-25(14-17)18-11-19(26-4)13-20(12-18)27-5;/h11-13,16-17H,6-10,14-15H2,1-5H3,(H2,22,23,24);1H. The molecule has 0 aliphatic carbocycles. The lowest BCUT2D eigenvalue weighted by atomic mass is 10.2. The predicted molar refractivity (Wildman–Crippen MR) is 130 cm³/mol. The predicted octanol–water partition coefficient (Wildman–Crippen LogP) is 3.13. The molecule has 0 amide bonds. The molecule has 1 saturated heterocycles. The van der Waals surface area contributed by atoms with E-state index in [2.05, 4.69) is 53.4 Å². The first-order valence-electron chi connectivity index (χ1n) is 10.2. The molecule has 0 bridgehead atoms. The maximum absolute atomic E-state index is 5.62. The Kier molecular flexibility index (Phi) is 12.1. The van der Waals surface area contributed by atoms with Crippen LogP contribution >= 0.6 is 24.0 Å². The first kappa shape index (κ1) is 25.6. The van der Waals surface area contributed by atoms with Gasteiger partial charge in [0.25, 0.3) is 0 Å². The van der Waals surface area contributed by atoms with Crippen molar-refractivity contribution >= 4 is 35.6 Å². The highest BCUT2D eigenvalue weighted by Crippen LogP contribution is 2.30. The monoisotopic (exact) mass is 520 g/mol. The number of hydrogen-bond acceptors (Lipinski definition) is 5. The number of halogens is 1. The van der Waals surface area contributed by atoms with E-state index in [4.69, 9.17) is 14.2 Å². The molecule has 0 radical (unpaired) electrons. The summed E-state index contributed by atoms with van der Waals surface area (Å²) in [6.07, 6.45) is 1.05. The minimum Gasteiger partial charge on any atom is -0.497 e. The number of rotatable bonds is 10. The lowest BCUT2D eigenvalue weighted by molar-refractivity contribution is 0.117. The minimum atomic E-state index is 0. The van der Waals surface area contributed by atoms with Crippen LogP contribution in [0.4, 0.5) is 5.69 Å². The van der Waals surface area contributed by atoms with Gasteiger partial charge in [0, 0.05) is 56.2 Å². The Labute approximate surface area is 192 Å². The number of anilines is 1. The van der Waals surface area contributed by atoms with Crippen LogP contribution in [0.3, 0.4) is 0 Å². The molecule has 2 rings (SSSR count). The highest BCUT2D eigenvalue weighted by Gasteiger charge is 2.24. The van der Waals surface area contributed by atoms with Crippen LogP contribution in [0.2, 0.25) is 0 Å². The van der Waals surface area contributed by atoms with Crippen molar-refractivity contribution in [2.75, 3.05) is 58.5 Å². The van der Waals surface area contributed by atoms with Crippen molar-refractivity contribution in [1.29, 1.82) is 0 Å². The minimum absolute atomic E-state index is 0. The van der Waals surface area contributed by atoms with Crippen LogP contribution in [0, 0.1) is 5.92 Å². The second kappa shape index (κ2) is 13.7. The summed E-state index contributed by atoms with van der Waals surface area (Å²) in [4.78, 5) is 6.98. The molecule has 8 heteroatoms. The average molecular weight is 520 g/mol. The van der Waals surface area contributed by atoms with Gasteiger partial charge in [-0.2, -0.15) is 0 Å². The van der Waals surface area contributed by atoms with Crippen LogP contribution in [0.5, 0.6) is 11.5 Å². The number of aliphatic imine (C=N–C) groups is 1. The van der Waals surface area contributed by atoms with Gasteiger partial charge < -0.3 is 29.7 Å². The Bertz CT molecular complexity index is 606. The number of nitrogens with zero attached hydrogens (tertiary/aromatic N) is 2. The molecule has 1 aromatic rings. The fourth-order valence-corrected chi connectivity index (χ4v) is 3.14. The summed E-state index contributed by atoms with van der Waals surface area (Å²) in [7, 11) is 3.36. The normalized spacial score (nSPS) is 16.6. The van der Waals surface area contributed by atoms with Crippen molar-refractivity contribution in [2.24, 2.45) is 10.9 Å². The largest absolute Gasteiger partial charge is 0.497 e. The number of benzene rings is 1. The highest BCUT2D eigenvalue weighted by molar-refractivity contribution is 14.0. The average Bonchev–Trinajstić information content (AvgIpc) is 3.15. The zero-order valence-electron chi connectivity index (χ0n) is 18.4. The third-order valence-corrected chi connectivity index (χ3v) is 4.53. The summed E-state index contributed by atoms with van der Waals surface area (Å²) >= 11 is 0. The van der Waals surface area contributed by atoms with E-state index in [1.54, 1.807) is 14.2 Å². The SMILES string of the molecule is CCNC(=NCCOCC(C)C)NC1CCN(c2cc(OC)cc(OC)c2)C1.I. The van der Waals surface area contributed by atoms with Gasteiger partial charge in [-0.25, -0.2) is 0 Å². The maximum Gasteiger partial charge on any atom is 0.191 e. The molecular formula is C21H37IN4O3. The molecule has 0 spiro atoms. The highest BCUT2D eigenvalue weighted by atomic mass is 127. The van der Waals surface area contributed by atoms with Crippen LogP contribution < -0.4 is 25.0 Å². The number of guanidine groups is 1. The van der Waals surface area contributed by atoms with Gasteiger partial charge in [-0.15, -0.1) is 24.0 Å². The van der Waals surface area contributed by atoms with Gasteiger partial charge in [0.1, 0.15) is 11.5 Å². The summed E-state index contributed by atoms with van der Waals surface area (Å²) in [5.41, 5.74) is 1.12. The molecule has 2 N–H and O–H groups in total. The van der Waals surface area contributed by atoms with Crippen molar-refractivity contribution in [1.82, 2.24) is 10.6 Å². The maximum atomic E-state index is 5.62. The summed E-state index contributed by atoms with van der Waals surface area (Å²) in [6, 6.07) is 6.34. The first-order valence-corrected chi connectivity index (χ1v) is 10.2. The van der Waals surface area contributed by atoms with E-state index in [-0.39, 0.29) is 24.0 Å². The molecule has 166 valence electrons. The topological polar surface area (TPSA) is 67.4 Å². The Hall–Kier alpha value is -1.42.